The van der Waals surface area contributed by atoms with Gasteiger partial charge in [0.25, 0.3) is 0 Å². The summed E-state index contributed by atoms with van der Waals surface area (Å²) in [5.74, 6) is 0.144. The SMILES string of the molecule is Cc1cc(C)n(-c2ccccc2-n2nc(C)cc2C)n1.[O-]c1ccccc1.[O-]c1ccccc1.[Pt+2]. The van der Waals surface area contributed by atoms with E-state index in [1.807, 2.05) is 47.5 Å². The van der Waals surface area contributed by atoms with Crippen molar-refractivity contribution in [1.29, 1.82) is 0 Å². The van der Waals surface area contributed by atoms with Crippen molar-refractivity contribution in [1.82, 2.24) is 19.6 Å². The van der Waals surface area contributed by atoms with Gasteiger partial charge in [-0.1, -0.05) is 72.8 Å². The average molecular weight is 648 g/mol. The minimum atomic E-state index is 0. The summed E-state index contributed by atoms with van der Waals surface area (Å²) in [6.45, 7) is 8.15. The Labute approximate surface area is 220 Å². The zero-order valence-electron chi connectivity index (χ0n) is 20.2. The molecule has 2 heterocycles. The zero-order chi connectivity index (χ0) is 24.5. The van der Waals surface area contributed by atoms with Gasteiger partial charge in [0.2, 0.25) is 0 Å². The van der Waals surface area contributed by atoms with E-state index < -0.39 is 0 Å². The van der Waals surface area contributed by atoms with Crippen molar-refractivity contribution < 1.29 is 31.3 Å². The van der Waals surface area contributed by atoms with E-state index in [0.29, 0.717) is 0 Å². The van der Waals surface area contributed by atoms with Gasteiger partial charge in [0.1, 0.15) is 0 Å². The van der Waals surface area contributed by atoms with E-state index in [9.17, 15) is 10.2 Å². The predicted molar refractivity (Wildman–Crippen MR) is 131 cm³/mol. The van der Waals surface area contributed by atoms with Crippen molar-refractivity contribution >= 4 is 0 Å². The second kappa shape index (κ2) is 13.3. The molecular weight excluding hydrogens is 619 g/mol. The Bertz CT molecular complexity index is 1210. The fraction of sp³-hybridized carbons (Fsp3) is 0.143. The van der Waals surface area contributed by atoms with Crippen molar-refractivity contribution in [3.8, 4) is 22.9 Å². The van der Waals surface area contributed by atoms with E-state index >= 15 is 0 Å². The van der Waals surface area contributed by atoms with Gasteiger partial charge in [0, 0.05) is 11.4 Å². The molecule has 7 heteroatoms. The Morgan fingerprint density at radius 3 is 1.06 bits per heavy atom. The van der Waals surface area contributed by atoms with Gasteiger partial charge in [0.15, 0.2) is 0 Å². The van der Waals surface area contributed by atoms with Crippen LogP contribution in [0.1, 0.15) is 22.8 Å². The number of aryl methyl sites for hydroxylation is 4. The third-order valence-corrected chi connectivity index (χ3v) is 4.84. The fourth-order valence-electron chi connectivity index (χ4n) is 3.41. The molecule has 5 aromatic rings. The maximum absolute atomic E-state index is 10.3. The van der Waals surface area contributed by atoms with Crippen LogP contribution in [0.3, 0.4) is 0 Å². The quantitative estimate of drug-likeness (QED) is 0.276. The van der Waals surface area contributed by atoms with Crippen LogP contribution in [0.2, 0.25) is 0 Å². The minimum Gasteiger partial charge on any atom is -0.872 e. The molecule has 6 nitrogen and oxygen atoms in total. The molecule has 0 N–H and O–H groups in total. The Kier molecular flexibility index (Phi) is 10.5. The van der Waals surface area contributed by atoms with Crippen LogP contribution in [-0.4, -0.2) is 19.6 Å². The van der Waals surface area contributed by atoms with Crippen molar-refractivity contribution in [2.75, 3.05) is 0 Å². The van der Waals surface area contributed by atoms with Crippen LogP contribution in [-0.2, 0) is 21.1 Å². The Hall–Kier alpha value is -3.63. The molecule has 0 atom stereocenters. The first-order valence-corrected chi connectivity index (χ1v) is 11.0. The first kappa shape index (κ1) is 27.6. The largest absolute Gasteiger partial charge is 2.00 e. The summed E-state index contributed by atoms with van der Waals surface area (Å²) in [4.78, 5) is 0. The standard InChI is InChI=1S/C16H18N4.2C6H6O.Pt/c1-11-9-13(3)19(17-11)15-7-5-6-8-16(15)20-14(4)10-12(2)18-20;2*7-6-4-2-1-3-5-6;/h5-10H,1-4H3;2*1-5,7H;/q;;;+2/p-2. The minimum absolute atomic E-state index is 0. The molecule has 35 heavy (non-hydrogen) atoms. The fourth-order valence-corrected chi connectivity index (χ4v) is 3.41. The molecule has 0 fully saturated rings. The van der Waals surface area contributed by atoms with Crippen LogP contribution in [0, 0.1) is 27.7 Å². The summed E-state index contributed by atoms with van der Waals surface area (Å²) < 4.78 is 3.95. The van der Waals surface area contributed by atoms with Crippen LogP contribution in [0.25, 0.3) is 11.4 Å². The van der Waals surface area contributed by atoms with Crippen molar-refractivity contribution in [2.45, 2.75) is 27.7 Å². The molecule has 0 radical (unpaired) electrons. The molecule has 0 unspecified atom stereocenters. The number of hydrogen-bond donors (Lipinski definition) is 0. The van der Waals surface area contributed by atoms with Gasteiger partial charge in [-0.25, -0.2) is 9.36 Å². The van der Waals surface area contributed by atoms with Gasteiger partial charge in [-0.05, 0) is 52.0 Å². The van der Waals surface area contributed by atoms with Crippen molar-refractivity contribution in [3.05, 3.63) is 120 Å². The number of para-hydroxylation sites is 4. The van der Waals surface area contributed by atoms with Crippen molar-refractivity contribution in [3.63, 3.8) is 0 Å². The van der Waals surface area contributed by atoms with E-state index in [2.05, 4.69) is 48.3 Å². The van der Waals surface area contributed by atoms with E-state index in [0.717, 1.165) is 34.2 Å². The molecule has 0 saturated heterocycles. The predicted octanol–water partition coefficient (Wildman–Crippen LogP) is 4.81. The summed E-state index contributed by atoms with van der Waals surface area (Å²) in [7, 11) is 0. The first-order valence-electron chi connectivity index (χ1n) is 11.0. The number of hydrogen-bond acceptors (Lipinski definition) is 4. The van der Waals surface area contributed by atoms with Gasteiger partial charge in [-0.15, -0.1) is 11.5 Å². The van der Waals surface area contributed by atoms with Gasteiger partial charge in [-0.2, -0.15) is 10.2 Å². The topological polar surface area (TPSA) is 81.8 Å². The number of nitrogens with zero attached hydrogens (tertiary/aromatic N) is 4. The average Bonchev–Trinajstić information content (AvgIpc) is 3.34. The Balaban J connectivity index is 0.000000236. The second-order valence-electron chi connectivity index (χ2n) is 7.79. The summed E-state index contributed by atoms with van der Waals surface area (Å²) >= 11 is 0. The Morgan fingerprint density at radius 1 is 0.514 bits per heavy atom. The van der Waals surface area contributed by atoms with Crippen LogP contribution in [0.15, 0.2) is 97.1 Å². The monoisotopic (exact) mass is 647 g/mol. The van der Waals surface area contributed by atoms with Crippen molar-refractivity contribution in [2.24, 2.45) is 0 Å². The number of benzene rings is 3. The molecule has 5 rings (SSSR count). The van der Waals surface area contributed by atoms with Gasteiger partial charge in [-0.3, -0.25) is 0 Å². The zero-order valence-corrected chi connectivity index (χ0v) is 22.4. The molecule has 0 saturated carbocycles. The van der Waals surface area contributed by atoms with E-state index in [-0.39, 0.29) is 32.6 Å². The molecule has 182 valence electrons. The van der Waals surface area contributed by atoms with Gasteiger partial charge >= 0.3 is 21.1 Å². The normalized spacial score (nSPS) is 9.71. The third kappa shape index (κ3) is 7.97. The molecule has 0 bridgehead atoms. The molecule has 0 spiro atoms. The van der Waals surface area contributed by atoms with Crippen LogP contribution >= 0.6 is 0 Å². The maximum Gasteiger partial charge on any atom is 2.00 e. The molecule has 0 aliphatic rings. The second-order valence-corrected chi connectivity index (χ2v) is 7.79. The maximum atomic E-state index is 10.3. The molecular formula is C28H28N4O2Pt. The van der Waals surface area contributed by atoms with Gasteiger partial charge < -0.3 is 10.2 Å². The van der Waals surface area contributed by atoms with Gasteiger partial charge in [0.05, 0.1) is 22.8 Å². The molecule has 0 aliphatic carbocycles. The number of rotatable bonds is 2. The molecule has 0 amide bonds. The summed E-state index contributed by atoms with van der Waals surface area (Å²) in [6, 6.07) is 29.0. The van der Waals surface area contributed by atoms with Crippen LogP contribution in [0.4, 0.5) is 0 Å². The van der Waals surface area contributed by atoms with E-state index in [1.165, 1.54) is 24.3 Å². The van der Waals surface area contributed by atoms with E-state index in [1.54, 1.807) is 24.3 Å². The first-order chi connectivity index (χ1) is 16.3. The molecule has 0 aliphatic heterocycles. The summed E-state index contributed by atoms with van der Waals surface area (Å²) in [5.41, 5.74) is 6.37. The molecule has 2 aromatic heterocycles. The molecule has 3 aromatic carbocycles. The summed E-state index contributed by atoms with van der Waals surface area (Å²) in [6.07, 6.45) is 0. The van der Waals surface area contributed by atoms with Crippen LogP contribution < -0.4 is 10.2 Å². The Morgan fingerprint density at radius 2 is 0.829 bits per heavy atom. The smallest absolute Gasteiger partial charge is 0.872 e. The third-order valence-electron chi connectivity index (χ3n) is 4.84. The summed E-state index contributed by atoms with van der Waals surface area (Å²) in [5, 5.41) is 29.7. The van der Waals surface area contributed by atoms with E-state index in [4.69, 9.17) is 0 Å². The number of aromatic nitrogens is 4. The van der Waals surface area contributed by atoms with Crippen LogP contribution in [0.5, 0.6) is 11.5 Å².